The van der Waals surface area contributed by atoms with Crippen LogP contribution in [-0.4, -0.2) is 24.7 Å². The molecule has 2 N–H and O–H groups in total. The quantitative estimate of drug-likeness (QED) is 0.399. The summed E-state index contributed by atoms with van der Waals surface area (Å²) in [7, 11) is 0. The van der Waals surface area contributed by atoms with Crippen molar-refractivity contribution in [1.29, 1.82) is 0 Å². The summed E-state index contributed by atoms with van der Waals surface area (Å²) in [5, 5.41) is 22.5. The molecule has 0 saturated carbocycles. The number of rotatable bonds is 4. The van der Waals surface area contributed by atoms with Gasteiger partial charge in [-0.15, -0.1) is 10.2 Å². The molecule has 0 aliphatic carbocycles. The van der Waals surface area contributed by atoms with Gasteiger partial charge in [0.15, 0.2) is 11.5 Å². The van der Waals surface area contributed by atoms with Gasteiger partial charge in [0.25, 0.3) is 0 Å². The molecule has 3 aromatic carbocycles. The Balaban J connectivity index is 1.63. The van der Waals surface area contributed by atoms with Gasteiger partial charge in [-0.3, -0.25) is 4.40 Å². The summed E-state index contributed by atoms with van der Waals surface area (Å²) in [6, 6.07) is 17.1. The van der Waals surface area contributed by atoms with Crippen molar-refractivity contribution in [2.24, 2.45) is 0 Å². The summed E-state index contributed by atoms with van der Waals surface area (Å²) in [4.78, 5) is 4.64. The normalized spacial score (nSPS) is 11.3. The number of phenolic OH excluding ortho intramolecular Hbond substituents is 1. The van der Waals surface area contributed by atoms with Gasteiger partial charge in [0, 0.05) is 23.4 Å². The number of fused-ring (bicyclic) bond motifs is 3. The van der Waals surface area contributed by atoms with Gasteiger partial charge >= 0.3 is 0 Å². The maximum absolute atomic E-state index is 13.5. The van der Waals surface area contributed by atoms with Gasteiger partial charge in [0.1, 0.15) is 11.6 Å². The Morgan fingerprint density at radius 1 is 1.06 bits per heavy atom. The summed E-state index contributed by atoms with van der Waals surface area (Å²) in [6.45, 7) is 2.15. The highest BCUT2D eigenvalue weighted by Gasteiger charge is 2.16. The van der Waals surface area contributed by atoms with Crippen LogP contribution in [0.15, 0.2) is 60.7 Å². The van der Waals surface area contributed by atoms with Crippen LogP contribution in [0.3, 0.4) is 0 Å². The Morgan fingerprint density at radius 2 is 1.90 bits per heavy atom. The zero-order chi connectivity index (χ0) is 21.5. The number of aryl methyl sites for hydroxylation is 1. The molecule has 0 bridgehead atoms. The highest BCUT2D eigenvalue weighted by Crippen LogP contribution is 2.30. The number of hydrogen-bond acceptors (Lipinski definition) is 5. The van der Waals surface area contributed by atoms with Crippen molar-refractivity contribution in [2.75, 3.05) is 5.32 Å². The van der Waals surface area contributed by atoms with Crippen molar-refractivity contribution >= 4 is 34.0 Å². The van der Waals surface area contributed by atoms with Gasteiger partial charge in [-0.05, 0) is 55.5 Å². The van der Waals surface area contributed by atoms with Gasteiger partial charge in [0.05, 0.1) is 21.7 Å². The van der Waals surface area contributed by atoms with E-state index in [1.54, 1.807) is 0 Å². The summed E-state index contributed by atoms with van der Waals surface area (Å²) < 4.78 is 15.5. The van der Waals surface area contributed by atoms with E-state index in [1.807, 2.05) is 53.8 Å². The van der Waals surface area contributed by atoms with Crippen molar-refractivity contribution < 1.29 is 9.50 Å². The Morgan fingerprint density at radius 3 is 2.74 bits per heavy atom. The lowest BCUT2D eigenvalue weighted by molar-refractivity contribution is 0.466. The minimum atomic E-state index is -0.400. The maximum atomic E-state index is 13.5. The molecule has 2 aromatic heterocycles. The first-order chi connectivity index (χ1) is 15.0. The second kappa shape index (κ2) is 7.52. The first-order valence-corrected chi connectivity index (χ1v) is 10.0. The van der Waals surface area contributed by atoms with Crippen molar-refractivity contribution in [3.05, 3.63) is 82.8 Å². The third-order valence-electron chi connectivity index (χ3n) is 5.13. The molecule has 0 amide bonds. The average Bonchev–Trinajstić information content (AvgIpc) is 3.21. The number of phenols is 1. The number of anilines is 1. The van der Waals surface area contributed by atoms with Gasteiger partial charge < -0.3 is 10.4 Å². The van der Waals surface area contributed by atoms with E-state index in [0.29, 0.717) is 22.1 Å². The van der Waals surface area contributed by atoms with Gasteiger partial charge in [0.2, 0.25) is 0 Å². The van der Waals surface area contributed by atoms with E-state index < -0.39 is 5.82 Å². The van der Waals surface area contributed by atoms with E-state index in [2.05, 4.69) is 20.5 Å². The third-order valence-corrected chi connectivity index (χ3v) is 5.46. The van der Waals surface area contributed by atoms with Gasteiger partial charge in [-0.25, -0.2) is 9.37 Å². The molecule has 0 aliphatic rings. The molecule has 0 fully saturated rings. The molecule has 154 valence electrons. The van der Waals surface area contributed by atoms with E-state index >= 15 is 0 Å². The van der Waals surface area contributed by atoms with Crippen LogP contribution >= 0.6 is 11.6 Å². The first-order valence-electron chi connectivity index (χ1n) is 9.63. The van der Waals surface area contributed by atoms with Crippen LogP contribution in [0.2, 0.25) is 5.02 Å². The zero-order valence-corrected chi connectivity index (χ0v) is 17.2. The molecule has 6 nitrogen and oxygen atoms in total. The number of halogens is 2. The average molecular weight is 434 g/mol. The lowest BCUT2D eigenvalue weighted by Crippen LogP contribution is -2.02. The van der Waals surface area contributed by atoms with E-state index in [9.17, 15) is 9.50 Å². The summed E-state index contributed by atoms with van der Waals surface area (Å²) in [5.74, 6) is 0.258. The minimum Gasteiger partial charge on any atom is -0.508 e. The van der Waals surface area contributed by atoms with Crippen molar-refractivity contribution in [3.8, 4) is 17.1 Å². The highest BCUT2D eigenvalue weighted by molar-refractivity contribution is 6.33. The standard InChI is InChI=1S/C23H17ClFN5O/c1-13-22-28-29-23(17-4-2-3-5-18(17)24)30(22)20-11-16(7-8-19(20)27-13)26-12-14-10-15(25)6-9-21(14)31/h2-11,26,31H,12H2,1H3. The number of aromatic nitrogens is 4. The molecule has 0 aliphatic heterocycles. The maximum Gasteiger partial charge on any atom is 0.183 e. The third kappa shape index (κ3) is 3.43. The Labute approximate surface area is 182 Å². The second-order valence-corrected chi connectivity index (χ2v) is 7.60. The van der Waals surface area contributed by atoms with Crippen molar-refractivity contribution in [1.82, 2.24) is 19.6 Å². The molecular weight excluding hydrogens is 417 g/mol. The Kier molecular flexibility index (Phi) is 4.67. The Bertz CT molecular complexity index is 1450. The lowest BCUT2D eigenvalue weighted by atomic mass is 10.1. The largest absolute Gasteiger partial charge is 0.508 e. The van der Waals surface area contributed by atoms with Gasteiger partial charge in [-0.2, -0.15) is 0 Å². The molecule has 31 heavy (non-hydrogen) atoms. The molecule has 5 rings (SSSR count). The molecule has 2 heterocycles. The number of nitrogens with one attached hydrogen (secondary N) is 1. The van der Waals surface area contributed by atoms with E-state index in [0.717, 1.165) is 28.0 Å². The summed E-state index contributed by atoms with van der Waals surface area (Å²) in [6.07, 6.45) is 0. The van der Waals surface area contributed by atoms with Crippen LogP contribution < -0.4 is 5.32 Å². The fourth-order valence-electron chi connectivity index (χ4n) is 3.59. The molecule has 0 radical (unpaired) electrons. The first kappa shape index (κ1) is 19.3. The van der Waals surface area contributed by atoms with Crippen LogP contribution in [0.5, 0.6) is 5.75 Å². The van der Waals surface area contributed by atoms with Crippen LogP contribution in [0.25, 0.3) is 28.1 Å². The molecule has 0 saturated heterocycles. The monoisotopic (exact) mass is 433 g/mol. The Hall–Kier alpha value is -3.71. The van der Waals surface area contributed by atoms with Crippen LogP contribution in [0.1, 0.15) is 11.3 Å². The van der Waals surface area contributed by atoms with E-state index in [-0.39, 0.29) is 12.3 Å². The zero-order valence-electron chi connectivity index (χ0n) is 16.5. The highest BCUT2D eigenvalue weighted by atomic mass is 35.5. The van der Waals surface area contributed by atoms with Crippen LogP contribution in [-0.2, 0) is 6.54 Å². The van der Waals surface area contributed by atoms with Crippen LogP contribution in [0.4, 0.5) is 10.1 Å². The van der Waals surface area contributed by atoms with Crippen LogP contribution in [0, 0.1) is 12.7 Å². The molecular formula is C23H17ClFN5O. The molecule has 5 aromatic rings. The van der Waals surface area contributed by atoms with Gasteiger partial charge in [-0.1, -0.05) is 23.7 Å². The number of nitrogens with zero attached hydrogens (tertiary/aromatic N) is 4. The van der Waals surface area contributed by atoms with E-state index in [1.165, 1.54) is 18.2 Å². The summed E-state index contributed by atoms with van der Waals surface area (Å²) >= 11 is 6.42. The molecule has 0 atom stereocenters. The smallest absolute Gasteiger partial charge is 0.183 e. The lowest BCUT2D eigenvalue weighted by Gasteiger charge is -2.11. The number of hydrogen-bond donors (Lipinski definition) is 2. The fraction of sp³-hybridized carbons (Fsp3) is 0.0870. The number of aromatic hydroxyl groups is 1. The minimum absolute atomic E-state index is 0.0363. The summed E-state index contributed by atoms with van der Waals surface area (Å²) in [5.41, 5.74) is 4.99. The fourth-order valence-corrected chi connectivity index (χ4v) is 3.81. The SMILES string of the molecule is Cc1nc2ccc(NCc3cc(F)ccc3O)cc2n2c(-c3ccccc3Cl)nnc12. The number of benzene rings is 3. The van der Waals surface area contributed by atoms with E-state index in [4.69, 9.17) is 11.6 Å². The topological polar surface area (TPSA) is 75.3 Å². The molecule has 0 spiro atoms. The molecule has 8 heteroatoms. The second-order valence-electron chi connectivity index (χ2n) is 7.19. The molecule has 0 unspecified atom stereocenters. The predicted molar refractivity (Wildman–Crippen MR) is 119 cm³/mol. The predicted octanol–water partition coefficient (Wildman–Crippen LogP) is 5.36. The van der Waals surface area contributed by atoms with Crippen molar-refractivity contribution in [2.45, 2.75) is 13.5 Å². The van der Waals surface area contributed by atoms with Crippen molar-refractivity contribution in [3.63, 3.8) is 0 Å².